The second-order valence-electron chi connectivity index (χ2n) is 9.57. The lowest BCUT2D eigenvalue weighted by molar-refractivity contribution is -0.199. The van der Waals surface area contributed by atoms with Crippen LogP contribution in [0.1, 0.15) is 57.3 Å². The number of allylic oxidation sites excluding steroid dienone is 1. The van der Waals surface area contributed by atoms with Gasteiger partial charge in [0.05, 0.1) is 17.1 Å². The number of benzene rings is 1. The number of hydrogen-bond acceptors (Lipinski definition) is 5. The van der Waals surface area contributed by atoms with Crippen molar-refractivity contribution in [3.63, 3.8) is 0 Å². The van der Waals surface area contributed by atoms with Gasteiger partial charge in [-0.3, -0.25) is 9.59 Å². The molecular formula is C23H26O5. The molecule has 0 aromatic heterocycles. The van der Waals surface area contributed by atoms with Crippen molar-refractivity contribution < 1.29 is 24.2 Å². The number of Topliss-reactive ketones (excluding diaryl/α,β-unsaturated/α-hetero) is 2. The van der Waals surface area contributed by atoms with Gasteiger partial charge in [-0.05, 0) is 52.7 Å². The summed E-state index contributed by atoms with van der Waals surface area (Å²) in [5, 5.41) is 10.5. The molecule has 6 rings (SSSR count). The van der Waals surface area contributed by atoms with Crippen LogP contribution in [0.25, 0.3) is 0 Å². The Bertz CT molecular complexity index is 940. The maximum atomic E-state index is 13.6. The lowest BCUT2D eigenvalue weighted by Gasteiger charge is -2.60. The number of ether oxygens (including phenoxy) is 2. The van der Waals surface area contributed by atoms with Gasteiger partial charge in [0.15, 0.2) is 34.3 Å². The number of ketones is 2. The van der Waals surface area contributed by atoms with E-state index in [0.717, 1.165) is 5.57 Å². The van der Waals surface area contributed by atoms with E-state index in [-0.39, 0.29) is 34.9 Å². The van der Waals surface area contributed by atoms with Crippen LogP contribution in [0.5, 0.6) is 11.5 Å². The zero-order chi connectivity index (χ0) is 20.1. The van der Waals surface area contributed by atoms with Crippen LogP contribution in [0, 0.1) is 17.8 Å². The van der Waals surface area contributed by atoms with Gasteiger partial charge < -0.3 is 14.6 Å². The largest absolute Gasteiger partial charge is 0.504 e. The highest BCUT2D eigenvalue weighted by Gasteiger charge is 2.83. The molecule has 0 radical (unpaired) electrons. The monoisotopic (exact) mass is 382 g/mol. The molecule has 5 aliphatic rings. The smallest absolute Gasteiger partial charge is 0.173 e. The number of rotatable bonds is 2. The topological polar surface area (TPSA) is 72.8 Å². The lowest BCUT2D eigenvalue weighted by Crippen LogP contribution is -2.76. The first-order chi connectivity index (χ1) is 13.1. The molecule has 148 valence electrons. The summed E-state index contributed by atoms with van der Waals surface area (Å²) < 4.78 is 13.2. The number of carbonyl (C=O) groups is 2. The quantitative estimate of drug-likeness (QED) is 0.787. The van der Waals surface area contributed by atoms with E-state index in [4.69, 9.17) is 9.47 Å². The van der Waals surface area contributed by atoms with E-state index < -0.39 is 22.7 Å². The second-order valence-corrected chi connectivity index (χ2v) is 9.57. The molecule has 0 amide bonds. The molecule has 5 unspecified atom stereocenters. The standard InChI is InChI=1S/C23H26O5/c1-12(2)8-9-22-20(26)13-10-15-18(25)14-6-5-7-16(24)19(14)27-23(15,22)17(11-13)21(3,4)28-22/h5-8,13,15,17,24H,9-11H2,1-4H3. The SMILES string of the molecule is CC(C)=CCC12OC(C)(C)C3CC(CC4C(=O)c5cccc(O)c5OC431)C2=O. The molecule has 5 atom stereocenters. The highest BCUT2D eigenvalue weighted by Crippen LogP contribution is 2.69. The third kappa shape index (κ3) is 1.86. The Hall–Kier alpha value is -2.14. The number of para-hydroxylation sites is 1. The van der Waals surface area contributed by atoms with Crippen LogP contribution in [-0.2, 0) is 9.53 Å². The minimum atomic E-state index is -1.19. The van der Waals surface area contributed by atoms with Gasteiger partial charge in [-0.1, -0.05) is 17.7 Å². The van der Waals surface area contributed by atoms with E-state index >= 15 is 0 Å². The summed E-state index contributed by atoms with van der Waals surface area (Å²) in [5.74, 6) is -0.565. The molecule has 3 aliphatic carbocycles. The minimum absolute atomic E-state index is 0.0396. The van der Waals surface area contributed by atoms with Gasteiger partial charge >= 0.3 is 0 Å². The highest BCUT2D eigenvalue weighted by atomic mass is 16.6. The summed E-state index contributed by atoms with van der Waals surface area (Å²) in [6.45, 7) is 7.97. The van der Waals surface area contributed by atoms with Crippen molar-refractivity contribution in [2.45, 2.75) is 63.8 Å². The molecule has 1 aromatic rings. The molecule has 1 N–H and O–H groups in total. The summed E-state index contributed by atoms with van der Waals surface area (Å²) >= 11 is 0. The molecule has 28 heavy (non-hydrogen) atoms. The Morgan fingerprint density at radius 3 is 2.71 bits per heavy atom. The van der Waals surface area contributed by atoms with Crippen molar-refractivity contribution in [2.24, 2.45) is 17.8 Å². The van der Waals surface area contributed by atoms with Crippen LogP contribution in [0.2, 0.25) is 0 Å². The summed E-state index contributed by atoms with van der Waals surface area (Å²) in [7, 11) is 0. The van der Waals surface area contributed by atoms with Crippen LogP contribution < -0.4 is 4.74 Å². The first-order valence-electron chi connectivity index (χ1n) is 10.1. The Morgan fingerprint density at radius 1 is 1.25 bits per heavy atom. The zero-order valence-electron chi connectivity index (χ0n) is 16.7. The van der Waals surface area contributed by atoms with Crippen molar-refractivity contribution >= 4 is 11.6 Å². The van der Waals surface area contributed by atoms with Gasteiger partial charge in [0, 0.05) is 18.3 Å². The number of phenols is 1. The van der Waals surface area contributed by atoms with Crippen molar-refractivity contribution in [2.75, 3.05) is 0 Å². The second kappa shape index (κ2) is 5.26. The molecular weight excluding hydrogens is 356 g/mol. The van der Waals surface area contributed by atoms with E-state index in [1.807, 2.05) is 33.8 Å². The summed E-state index contributed by atoms with van der Waals surface area (Å²) in [6.07, 6.45) is 3.56. The van der Waals surface area contributed by atoms with Crippen LogP contribution >= 0.6 is 0 Å². The molecule has 1 spiro atoms. The molecule has 2 aliphatic heterocycles. The molecule has 1 aromatic carbocycles. The van der Waals surface area contributed by atoms with Crippen LogP contribution in [0.3, 0.4) is 0 Å². The average Bonchev–Trinajstić information content (AvgIpc) is 2.79. The average molecular weight is 382 g/mol. The molecule has 1 saturated heterocycles. The van der Waals surface area contributed by atoms with Crippen LogP contribution in [-0.4, -0.2) is 33.5 Å². The maximum Gasteiger partial charge on any atom is 0.173 e. The third-order valence-corrected chi connectivity index (χ3v) is 7.40. The molecule has 2 heterocycles. The van der Waals surface area contributed by atoms with E-state index in [1.54, 1.807) is 12.1 Å². The Balaban J connectivity index is 1.79. The van der Waals surface area contributed by atoms with E-state index in [9.17, 15) is 14.7 Å². The summed E-state index contributed by atoms with van der Waals surface area (Å²) in [6, 6.07) is 4.88. The first kappa shape index (κ1) is 17.9. The van der Waals surface area contributed by atoms with Crippen molar-refractivity contribution in [1.82, 2.24) is 0 Å². The predicted octanol–water partition coefficient (Wildman–Crippen LogP) is 3.84. The first-order valence-corrected chi connectivity index (χ1v) is 10.1. The number of aromatic hydroxyl groups is 1. The van der Waals surface area contributed by atoms with E-state index in [0.29, 0.717) is 24.8 Å². The molecule has 5 heteroatoms. The van der Waals surface area contributed by atoms with Gasteiger partial charge in [-0.25, -0.2) is 0 Å². The molecule has 4 bridgehead atoms. The number of hydrogen-bond donors (Lipinski definition) is 1. The fourth-order valence-electron chi connectivity index (χ4n) is 6.37. The van der Waals surface area contributed by atoms with Crippen LogP contribution in [0.4, 0.5) is 0 Å². The van der Waals surface area contributed by atoms with Crippen molar-refractivity contribution in [3.8, 4) is 11.5 Å². The fourth-order valence-corrected chi connectivity index (χ4v) is 6.37. The summed E-state index contributed by atoms with van der Waals surface area (Å²) in [4.78, 5) is 27.1. The van der Waals surface area contributed by atoms with Crippen molar-refractivity contribution in [1.29, 1.82) is 0 Å². The Labute approximate surface area is 164 Å². The number of fused-ring (bicyclic) bond motifs is 1. The van der Waals surface area contributed by atoms with Gasteiger partial charge in [0.1, 0.15) is 0 Å². The van der Waals surface area contributed by atoms with Crippen molar-refractivity contribution in [3.05, 3.63) is 35.4 Å². The predicted molar refractivity (Wildman–Crippen MR) is 102 cm³/mol. The number of carbonyl (C=O) groups excluding carboxylic acids is 2. The lowest BCUT2D eigenvalue weighted by atomic mass is 9.47. The zero-order valence-corrected chi connectivity index (χ0v) is 16.7. The van der Waals surface area contributed by atoms with Crippen LogP contribution in [0.15, 0.2) is 29.8 Å². The van der Waals surface area contributed by atoms with E-state index in [2.05, 4.69) is 0 Å². The highest BCUT2D eigenvalue weighted by molar-refractivity contribution is 6.07. The maximum absolute atomic E-state index is 13.6. The van der Waals surface area contributed by atoms with Gasteiger partial charge in [0.25, 0.3) is 0 Å². The molecule has 4 fully saturated rings. The third-order valence-electron chi connectivity index (χ3n) is 7.40. The number of phenolic OH excluding ortho intramolecular Hbond substituents is 1. The fraction of sp³-hybridized carbons (Fsp3) is 0.565. The Kier molecular flexibility index (Phi) is 3.37. The molecule has 3 saturated carbocycles. The van der Waals surface area contributed by atoms with Gasteiger partial charge in [0.2, 0.25) is 0 Å². The van der Waals surface area contributed by atoms with E-state index in [1.165, 1.54) is 6.07 Å². The normalized spacial score (nSPS) is 39.2. The van der Waals surface area contributed by atoms with Gasteiger partial charge in [-0.15, -0.1) is 0 Å². The Morgan fingerprint density at radius 2 is 2.00 bits per heavy atom. The summed E-state index contributed by atoms with van der Waals surface area (Å²) in [5.41, 5.74) is -1.37. The van der Waals surface area contributed by atoms with Gasteiger partial charge in [-0.2, -0.15) is 0 Å². The minimum Gasteiger partial charge on any atom is -0.504 e. The molecule has 5 nitrogen and oxygen atoms in total.